The molecule has 0 fully saturated rings. The van der Waals surface area contributed by atoms with E-state index < -0.39 is 5.82 Å². The number of carbonyl (C=O) groups is 1. The Bertz CT molecular complexity index is 998. The number of nitrogens with zero attached hydrogens (tertiary/aromatic N) is 2. The fourth-order valence-electron chi connectivity index (χ4n) is 2.84. The second-order valence-corrected chi connectivity index (χ2v) is 6.38. The number of anilines is 1. The molecule has 4 nitrogen and oxygen atoms in total. The van der Waals surface area contributed by atoms with E-state index in [0.717, 1.165) is 5.69 Å². The van der Waals surface area contributed by atoms with Crippen molar-refractivity contribution in [1.82, 2.24) is 4.57 Å². The van der Waals surface area contributed by atoms with Crippen LogP contribution in [0.4, 0.5) is 10.1 Å². The van der Waals surface area contributed by atoms with Crippen LogP contribution in [0.15, 0.2) is 71.7 Å². The van der Waals surface area contributed by atoms with E-state index >= 15 is 0 Å². The summed E-state index contributed by atoms with van der Waals surface area (Å²) in [4.78, 5) is 26.8. The van der Waals surface area contributed by atoms with Gasteiger partial charge in [0.15, 0.2) is 0 Å². The zero-order valence-corrected chi connectivity index (χ0v) is 15.5. The number of amides is 1. The largest absolute Gasteiger partial charge is 0.310 e. The first-order valence-corrected chi connectivity index (χ1v) is 8.89. The third-order valence-corrected chi connectivity index (χ3v) is 4.60. The molecule has 0 atom stereocenters. The summed E-state index contributed by atoms with van der Waals surface area (Å²) in [6, 6.07) is 16.4. The van der Waals surface area contributed by atoms with Crippen LogP contribution in [0, 0.1) is 5.82 Å². The predicted molar refractivity (Wildman–Crippen MR) is 105 cm³/mol. The smallest absolute Gasteiger partial charge is 0.259 e. The highest BCUT2D eigenvalue weighted by molar-refractivity contribution is 6.31. The summed E-state index contributed by atoms with van der Waals surface area (Å²) in [7, 11) is 0. The number of aromatic nitrogens is 1. The Hall–Kier alpha value is -2.92. The molecule has 3 rings (SSSR count). The second kappa shape index (κ2) is 8.18. The standard InChI is InChI=1S/C21H18ClFN2O2/c1-2-25(16-7-4-3-5-8-16)21(27)15-11-12-20(26)24(13-15)14-17-18(22)9-6-10-19(17)23/h3-13H,2,14H2,1H3. The van der Waals surface area contributed by atoms with Gasteiger partial charge in [0.1, 0.15) is 5.82 Å². The average Bonchev–Trinajstić information content (AvgIpc) is 2.67. The SMILES string of the molecule is CCN(C(=O)c1ccc(=O)n(Cc2c(F)cccc2Cl)c1)c1ccccc1. The molecular weight excluding hydrogens is 367 g/mol. The monoisotopic (exact) mass is 384 g/mol. The fraction of sp³-hybridized carbons (Fsp3) is 0.143. The lowest BCUT2D eigenvalue weighted by molar-refractivity contribution is 0.0987. The van der Waals surface area contributed by atoms with Crippen LogP contribution in [0.25, 0.3) is 0 Å². The molecule has 27 heavy (non-hydrogen) atoms. The van der Waals surface area contributed by atoms with E-state index in [1.165, 1.54) is 35.0 Å². The number of hydrogen-bond donors (Lipinski definition) is 0. The second-order valence-electron chi connectivity index (χ2n) is 5.97. The number of carbonyl (C=O) groups excluding carboxylic acids is 1. The minimum atomic E-state index is -0.495. The van der Waals surface area contributed by atoms with Gasteiger partial charge >= 0.3 is 0 Å². The molecule has 2 aromatic carbocycles. The Morgan fingerprint density at radius 2 is 1.81 bits per heavy atom. The molecule has 1 amide bonds. The lowest BCUT2D eigenvalue weighted by atomic mass is 10.2. The van der Waals surface area contributed by atoms with Crippen molar-refractivity contribution in [1.29, 1.82) is 0 Å². The van der Waals surface area contributed by atoms with Crippen molar-refractivity contribution >= 4 is 23.2 Å². The summed E-state index contributed by atoms with van der Waals surface area (Å²) in [5.41, 5.74) is 0.975. The first-order chi connectivity index (χ1) is 13.0. The molecule has 0 saturated heterocycles. The van der Waals surface area contributed by atoms with Gasteiger partial charge in [0, 0.05) is 35.1 Å². The zero-order valence-electron chi connectivity index (χ0n) is 14.7. The van der Waals surface area contributed by atoms with Crippen molar-refractivity contribution in [2.24, 2.45) is 0 Å². The summed E-state index contributed by atoms with van der Waals surface area (Å²) in [5, 5.41) is 0.234. The van der Waals surface area contributed by atoms with Gasteiger partial charge in [-0.3, -0.25) is 9.59 Å². The third-order valence-electron chi connectivity index (χ3n) is 4.25. The molecule has 0 aliphatic rings. The molecule has 0 aliphatic carbocycles. The Morgan fingerprint density at radius 1 is 1.07 bits per heavy atom. The minimum absolute atomic E-state index is 0.0527. The lowest BCUT2D eigenvalue weighted by Gasteiger charge is -2.21. The van der Waals surface area contributed by atoms with Crippen molar-refractivity contribution in [2.45, 2.75) is 13.5 Å². The molecular formula is C21H18ClFN2O2. The van der Waals surface area contributed by atoms with Gasteiger partial charge in [0.05, 0.1) is 12.1 Å². The van der Waals surface area contributed by atoms with E-state index in [1.807, 2.05) is 37.3 Å². The molecule has 0 spiro atoms. The van der Waals surface area contributed by atoms with E-state index in [4.69, 9.17) is 11.6 Å². The molecule has 0 unspecified atom stereocenters. The normalized spacial score (nSPS) is 10.6. The zero-order chi connectivity index (χ0) is 19.4. The van der Waals surface area contributed by atoms with Crippen LogP contribution in [0.3, 0.4) is 0 Å². The van der Waals surface area contributed by atoms with Crippen LogP contribution in [-0.2, 0) is 6.54 Å². The molecule has 1 heterocycles. The van der Waals surface area contributed by atoms with E-state index in [1.54, 1.807) is 11.0 Å². The van der Waals surface area contributed by atoms with Gasteiger partial charge in [-0.2, -0.15) is 0 Å². The molecule has 0 radical (unpaired) electrons. The Kier molecular flexibility index (Phi) is 5.72. The number of halogens is 2. The number of pyridine rings is 1. The number of rotatable bonds is 5. The van der Waals surface area contributed by atoms with Gasteiger partial charge in [0.2, 0.25) is 0 Å². The Balaban J connectivity index is 1.95. The first-order valence-electron chi connectivity index (χ1n) is 8.51. The van der Waals surface area contributed by atoms with Gasteiger partial charge in [-0.15, -0.1) is 0 Å². The van der Waals surface area contributed by atoms with Gasteiger partial charge in [0.25, 0.3) is 11.5 Å². The third kappa shape index (κ3) is 4.09. The maximum absolute atomic E-state index is 14.1. The summed E-state index contributed by atoms with van der Waals surface area (Å²) in [6.07, 6.45) is 1.44. The lowest BCUT2D eigenvalue weighted by Crippen LogP contribution is -2.32. The molecule has 1 aromatic heterocycles. The highest BCUT2D eigenvalue weighted by atomic mass is 35.5. The van der Waals surface area contributed by atoms with Crippen LogP contribution >= 0.6 is 11.6 Å². The number of hydrogen-bond acceptors (Lipinski definition) is 2. The molecule has 6 heteroatoms. The van der Waals surface area contributed by atoms with Crippen LogP contribution in [0.2, 0.25) is 5.02 Å². The molecule has 0 saturated carbocycles. The van der Waals surface area contributed by atoms with Crippen LogP contribution in [0.5, 0.6) is 0 Å². The van der Waals surface area contributed by atoms with Crippen molar-refractivity contribution in [3.63, 3.8) is 0 Å². The van der Waals surface area contributed by atoms with Gasteiger partial charge < -0.3 is 9.47 Å². The highest BCUT2D eigenvalue weighted by Gasteiger charge is 2.17. The molecule has 0 aliphatic heterocycles. The van der Waals surface area contributed by atoms with E-state index in [-0.39, 0.29) is 28.6 Å². The van der Waals surface area contributed by atoms with Crippen molar-refractivity contribution in [3.8, 4) is 0 Å². The van der Waals surface area contributed by atoms with E-state index in [2.05, 4.69) is 0 Å². The summed E-state index contributed by atoms with van der Waals surface area (Å²) in [6.45, 7) is 2.30. The maximum Gasteiger partial charge on any atom is 0.259 e. The molecule has 0 bridgehead atoms. The van der Waals surface area contributed by atoms with Crippen LogP contribution in [0.1, 0.15) is 22.8 Å². The molecule has 138 valence electrons. The summed E-state index contributed by atoms with van der Waals surface area (Å²) < 4.78 is 15.3. The Morgan fingerprint density at radius 3 is 2.48 bits per heavy atom. The van der Waals surface area contributed by atoms with Gasteiger partial charge in [-0.25, -0.2) is 4.39 Å². The van der Waals surface area contributed by atoms with E-state index in [0.29, 0.717) is 12.1 Å². The maximum atomic E-state index is 14.1. The predicted octanol–water partition coefficient (Wildman–Crippen LogP) is 4.36. The number of para-hydroxylation sites is 1. The van der Waals surface area contributed by atoms with Crippen molar-refractivity contribution < 1.29 is 9.18 Å². The molecule has 3 aromatic rings. The number of benzene rings is 2. The Labute approximate surface area is 161 Å². The summed E-state index contributed by atoms with van der Waals surface area (Å²) >= 11 is 6.06. The molecule has 0 N–H and O–H groups in total. The quantitative estimate of drug-likeness (QED) is 0.656. The topological polar surface area (TPSA) is 42.3 Å². The van der Waals surface area contributed by atoms with E-state index in [9.17, 15) is 14.0 Å². The summed E-state index contributed by atoms with van der Waals surface area (Å²) in [5.74, 6) is -0.734. The van der Waals surface area contributed by atoms with Crippen LogP contribution < -0.4 is 10.5 Å². The first kappa shape index (κ1) is 18.9. The van der Waals surface area contributed by atoms with Crippen LogP contribution in [-0.4, -0.2) is 17.0 Å². The van der Waals surface area contributed by atoms with Gasteiger partial charge in [-0.1, -0.05) is 35.9 Å². The average molecular weight is 385 g/mol. The minimum Gasteiger partial charge on any atom is -0.310 e. The van der Waals surface area contributed by atoms with Crippen molar-refractivity contribution in [3.05, 3.63) is 99.2 Å². The van der Waals surface area contributed by atoms with Gasteiger partial charge in [-0.05, 0) is 37.3 Å². The highest BCUT2D eigenvalue weighted by Crippen LogP contribution is 2.20. The van der Waals surface area contributed by atoms with Crippen molar-refractivity contribution in [2.75, 3.05) is 11.4 Å². The fourth-order valence-corrected chi connectivity index (χ4v) is 3.07.